The lowest BCUT2D eigenvalue weighted by molar-refractivity contribution is 0.0765. The number of aromatic amines is 1. The van der Waals surface area contributed by atoms with Crippen LogP contribution in [0.25, 0.3) is 11.4 Å². The molecule has 0 unspecified atom stereocenters. The molecule has 2 aromatic heterocycles. The number of nitrogens with one attached hydrogen (secondary N) is 1. The van der Waals surface area contributed by atoms with Gasteiger partial charge in [0, 0.05) is 43.7 Å². The summed E-state index contributed by atoms with van der Waals surface area (Å²) in [7, 11) is 1.66. The zero-order chi connectivity index (χ0) is 18.8. The zero-order valence-electron chi connectivity index (χ0n) is 15.3. The Balaban J connectivity index is 1.56. The summed E-state index contributed by atoms with van der Waals surface area (Å²) in [6.07, 6.45) is 0. The van der Waals surface area contributed by atoms with Crippen molar-refractivity contribution in [2.75, 3.05) is 26.8 Å². The van der Waals surface area contributed by atoms with Crippen LogP contribution in [0.5, 0.6) is 0 Å². The molecular weight excluding hydrogens is 346 g/mol. The Morgan fingerprint density at radius 3 is 2.85 bits per heavy atom. The van der Waals surface area contributed by atoms with Crippen LogP contribution in [0.3, 0.4) is 0 Å². The molecule has 4 rings (SSSR count). The number of H-pyrrole nitrogens is 1. The second-order valence-corrected chi connectivity index (χ2v) is 6.77. The minimum atomic E-state index is -0.141. The number of benzene rings is 1. The van der Waals surface area contributed by atoms with Crippen molar-refractivity contribution >= 4 is 5.91 Å². The van der Waals surface area contributed by atoms with Gasteiger partial charge < -0.3 is 14.2 Å². The molecule has 8 nitrogen and oxygen atoms in total. The smallest absolute Gasteiger partial charge is 0.276 e. The van der Waals surface area contributed by atoms with Crippen LogP contribution in [0.2, 0.25) is 0 Å². The number of methoxy groups -OCH3 is 1. The molecule has 140 valence electrons. The second kappa shape index (κ2) is 7.32. The fraction of sp³-hybridized carbons (Fsp3) is 0.368. The van der Waals surface area contributed by atoms with E-state index in [9.17, 15) is 4.79 Å². The van der Waals surface area contributed by atoms with Crippen molar-refractivity contribution in [3.05, 3.63) is 53.7 Å². The lowest BCUT2D eigenvalue weighted by atomic mass is 9.96. The number of aromatic nitrogens is 4. The average molecular weight is 367 g/mol. The molecular formula is C19H21N5O3. The lowest BCUT2D eigenvalue weighted by Gasteiger charge is -2.14. The molecule has 3 aromatic rings. The highest BCUT2D eigenvalue weighted by molar-refractivity contribution is 5.92. The van der Waals surface area contributed by atoms with Crippen molar-refractivity contribution in [3.63, 3.8) is 0 Å². The summed E-state index contributed by atoms with van der Waals surface area (Å²) in [6, 6.07) is 11.5. The third-order valence-corrected chi connectivity index (χ3v) is 4.84. The van der Waals surface area contributed by atoms with Gasteiger partial charge in [0.25, 0.3) is 5.91 Å². The van der Waals surface area contributed by atoms with Gasteiger partial charge in [0.2, 0.25) is 0 Å². The van der Waals surface area contributed by atoms with E-state index >= 15 is 0 Å². The maximum Gasteiger partial charge on any atom is 0.276 e. The molecule has 0 aliphatic carbocycles. The quantitative estimate of drug-likeness (QED) is 0.743. The minimum Gasteiger partial charge on any atom is -0.384 e. The molecule has 0 spiro atoms. The third-order valence-electron chi connectivity index (χ3n) is 4.84. The first kappa shape index (κ1) is 17.4. The van der Waals surface area contributed by atoms with E-state index in [1.165, 1.54) is 0 Å². The number of nitrogens with zero attached hydrogens (tertiary/aromatic N) is 4. The van der Waals surface area contributed by atoms with Crippen LogP contribution < -0.4 is 0 Å². The second-order valence-electron chi connectivity index (χ2n) is 6.77. The largest absolute Gasteiger partial charge is 0.384 e. The molecule has 3 heterocycles. The molecule has 1 aliphatic heterocycles. The van der Waals surface area contributed by atoms with E-state index in [2.05, 4.69) is 20.3 Å². The van der Waals surface area contributed by atoms with E-state index in [4.69, 9.17) is 9.26 Å². The summed E-state index contributed by atoms with van der Waals surface area (Å²) >= 11 is 0. The van der Waals surface area contributed by atoms with Crippen molar-refractivity contribution in [1.82, 2.24) is 25.2 Å². The molecule has 1 saturated heterocycles. The predicted octanol–water partition coefficient (Wildman–Crippen LogP) is 2.27. The number of aryl methyl sites for hydroxylation is 1. The van der Waals surface area contributed by atoms with Gasteiger partial charge in [-0.05, 0) is 6.92 Å². The molecule has 27 heavy (non-hydrogen) atoms. The van der Waals surface area contributed by atoms with Gasteiger partial charge in [-0.25, -0.2) is 4.98 Å². The van der Waals surface area contributed by atoms with Gasteiger partial charge >= 0.3 is 0 Å². The van der Waals surface area contributed by atoms with E-state index in [0.717, 1.165) is 11.4 Å². The summed E-state index contributed by atoms with van der Waals surface area (Å²) in [4.78, 5) is 19.2. The maximum absolute atomic E-state index is 12.7. The van der Waals surface area contributed by atoms with Crippen LogP contribution in [0.4, 0.5) is 0 Å². The standard InChI is InChI=1S/C19H21N5O3/c1-12-8-16(23-27-12)19(25)24-9-14(11-26-2)15(10-24)18-20-17(21-22-18)13-6-4-3-5-7-13/h3-8,14-15H,9-11H2,1-2H3,(H,20,21,22)/t14-,15+/m0/s1. The normalized spacial score (nSPS) is 19.6. The number of carbonyl (C=O) groups excluding carboxylic acids is 1. The highest BCUT2D eigenvalue weighted by atomic mass is 16.5. The van der Waals surface area contributed by atoms with E-state index in [0.29, 0.717) is 37.0 Å². The van der Waals surface area contributed by atoms with Crippen LogP contribution in [0.15, 0.2) is 40.9 Å². The number of hydrogen-bond acceptors (Lipinski definition) is 6. The fourth-order valence-electron chi connectivity index (χ4n) is 3.52. The maximum atomic E-state index is 12.7. The average Bonchev–Trinajstić information content (AvgIpc) is 3.41. The lowest BCUT2D eigenvalue weighted by Crippen LogP contribution is -2.29. The fourth-order valence-corrected chi connectivity index (χ4v) is 3.52. The van der Waals surface area contributed by atoms with Crippen LogP contribution in [-0.2, 0) is 4.74 Å². The Morgan fingerprint density at radius 2 is 2.15 bits per heavy atom. The summed E-state index contributed by atoms with van der Waals surface area (Å²) < 4.78 is 10.4. The number of rotatable bonds is 5. The highest BCUT2D eigenvalue weighted by Crippen LogP contribution is 2.32. The van der Waals surface area contributed by atoms with E-state index in [1.807, 2.05) is 30.3 Å². The monoisotopic (exact) mass is 367 g/mol. The summed E-state index contributed by atoms with van der Waals surface area (Å²) in [5.74, 6) is 2.04. The Labute approximate surface area is 156 Å². The number of ether oxygens (including phenoxy) is 1. The molecule has 1 fully saturated rings. The van der Waals surface area contributed by atoms with E-state index in [-0.39, 0.29) is 17.7 Å². The molecule has 0 saturated carbocycles. The van der Waals surface area contributed by atoms with Crippen molar-refractivity contribution in [2.45, 2.75) is 12.8 Å². The van der Waals surface area contributed by atoms with Gasteiger partial charge in [-0.1, -0.05) is 35.5 Å². The summed E-state index contributed by atoms with van der Waals surface area (Å²) in [6.45, 7) is 3.41. The van der Waals surface area contributed by atoms with E-state index in [1.54, 1.807) is 25.0 Å². The van der Waals surface area contributed by atoms with Gasteiger partial charge in [0.05, 0.1) is 6.61 Å². The van der Waals surface area contributed by atoms with Crippen molar-refractivity contribution in [3.8, 4) is 11.4 Å². The van der Waals surface area contributed by atoms with Crippen molar-refractivity contribution in [2.24, 2.45) is 5.92 Å². The zero-order valence-corrected chi connectivity index (χ0v) is 15.3. The first-order valence-corrected chi connectivity index (χ1v) is 8.85. The minimum absolute atomic E-state index is 0.0202. The first-order valence-electron chi connectivity index (χ1n) is 8.85. The molecule has 1 N–H and O–H groups in total. The van der Waals surface area contributed by atoms with Crippen LogP contribution >= 0.6 is 0 Å². The molecule has 1 aromatic carbocycles. The van der Waals surface area contributed by atoms with Crippen LogP contribution in [-0.4, -0.2) is 58.0 Å². The molecule has 2 atom stereocenters. The SMILES string of the molecule is COC[C@@H]1CN(C(=O)c2cc(C)on2)C[C@H]1c1nc(-c2ccccc2)n[nH]1. The van der Waals surface area contributed by atoms with Gasteiger partial charge in [-0.3, -0.25) is 9.89 Å². The van der Waals surface area contributed by atoms with Gasteiger partial charge in [0.15, 0.2) is 11.5 Å². The summed E-state index contributed by atoms with van der Waals surface area (Å²) in [5, 5.41) is 11.2. The summed E-state index contributed by atoms with van der Waals surface area (Å²) in [5.41, 5.74) is 1.28. The molecule has 0 bridgehead atoms. The van der Waals surface area contributed by atoms with Crippen LogP contribution in [0.1, 0.15) is 28.0 Å². The van der Waals surface area contributed by atoms with Gasteiger partial charge in [-0.15, -0.1) is 0 Å². The van der Waals surface area contributed by atoms with Crippen LogP contribution in [0, 0.1) is 12.8 Å². The molecule has 8 heteroatoms. The number of amides is 1. The Hall–Kier alpha value is -3.00. The number of hydrogen-bond donors (Lipinski definition) is 1. The van der Waals surface area contributed by atoms with Gasteiger partial charge in [0.1, 0.15) is 11.6 Å². The number of likely N-dealkylation sites (tertiary alicyclic amines) is 1. The third kappa shape index (κ3) is 3.48. The molecule has 0 radical (unpaired) electrons. The van der Waals surface area contributed by atoms with E-state index < -0.39 is 0 Å². The highest BCUT2D eigenvalue weighted by Gasteiger charge is 2.39. The first-order chi connectivity index (χ1) is 13.2. The Morgan fingerprint density at radius 1 is 1.33 bits per heavy atom. The topological polar surface area (TPSA) is 97.1 Å². The Kier molecular flexibility index (Phi) is 4.72. The predicted molar refractivity (Wildman–Crippen MR) is 97.1 cm³/mol. The number of carbonyl (C=O) groups is 1. The van der Waals surface area contributed by atoms with Crippen molar-refractivity contribution < 1.29 is 14.1 Å². The molecule has 1 amide bonds. The van der Waals surface area contributed by atoms with Crippen molar-refractivity contribution in [1.29, 1.82) is 0 Å². The van der Waals surface area contributed by atoms with Gasteiger partial charge in [-0.2, -0.15) is 5.10 Å². The molecule has 1 aliphatic rings. The Bertz CT molecular complexity index is 920.